The molecule has 0 saturated heterocycles. The lowest BCUT2D eigenvalue weighted by molar-refractivity contribution is -0.131. The van der Waals surface area contributed by atoms with Crippen LogP contribution in [0.15, 0.2) is 30.3 Å². The third kappa shape index (κ3) is 3.84. The Balaban J connectivity index is 1.76. The van der Waals surface area contributed by atoms with Crippen molar-refractivity contribution in [1.29, 1.82) is 0 Å². The summed E-state index contributed by atoms with van der Waals surface area (Å²) >= 11 is 0. The molecular formula is C15H22N2O. The van der Waals surface area contributed by atoms with E-state index in [-0.39, 0.29) is 11.9 Å². The first-order chi connectivity index (χ1) is 8.66. The van der Waals surface area contributed by atoms with Crippen LogP contribution in [-0.2, 0) is 11.2 Å². The van der Waals surface area contributed by atoms with E-state index in [0.717, 1.165) is 25.3 Å². The van der Waals surface area contributed by atoms with E-state index in [4.69, 9.17) is 5.73 Å². The van der Waals surface area contributed by atoms with Crippen molar-refractivity contribution in [2.75, 3.05) is 13.6 Å². The molecule has 1 aromatic rings. The van der Waals surface area contributed by atoms with Gasteiger partial charge in [-0.15, -0.1) is 0 Å². The van der Waals surface area contributed by atoms with Crippen LogP contribution >= 0.6 is 0 Å². The number of nitrogens with two attached hydrogens (primary N) is 1. The summed E-state index contributed by atoms with van der Waals surface area (Å²) in [5, 5.41) is 0. The molecule has 1 atom stereocenters. The highest BCUT2D eigenvalue weighted by Gasteiger charge is 2.26. The molecule has 1 amide bonds. The van der Waals surface area contributed by atoms with Crippen LogP contribution in [0, 0.1) is 5.92 Å². The minimum atomic E-state index is -0.367. The lowest BCUT2D eigenvalue weighted by Crippen LogP contribution is -2.42. The first-order valence-electron chi connectivity index (χ1n) is 6.71. The molecule has 98 valence electrons. The van der Waals surface area contributed by atoms with Crippen molar-refractivity contribution in [2.24, 2.45) is 11.7 Å². The highest BCUT2D eigenvalue weighted by molar-refractivity contribution is 5.81. The molecule has 18 heavy (non-hydrogen) atoms. The second-order valence-electron chi connectivity index (χ2n) is 5.29. The molecule has 1 unspecified atom stereocenters. The summed E-state index contributed by atoms with van der Waals surface area (Å²) < 4.78 is 0. The van der Waals surface area contributed by atoms with Gasteiger partial charge in [-0.2, -0.15) is 0 Å². The molecule has 0 spiro atoms. The van der Waals surface area contributed by atoms with Crippen molar-refractivity contribution >= 4 is 5.91 Å². The highest BCUT2D eigenvalue weighted by atomic mass is 16.2. The van der Waals surface area contributed by atoms with Gasteiger partial charge < -0.3 is 10.6 Å². The van der Waals surface area contributed by atoms with Crippen LogP contribution < -0.4 is 5.73 Å². The van der Waals surface area contributed by atoms with Gasteiger partial charge in [0.25, 0.3) is 0 Å². The Morgan fingerprint density at radius 3 is 2.67 bits per heavy atom. The zero-order chi connectivity index (χ0) is 13.0. The van der Waals surface area contributed by atoms with Gasteiger partial charge in [0.2, 0.25) is 5.91 Å². The zero-order valence-corrected chi connectivity index (χ0v) is 11.0. The van der Waals surface area contributed by atoms with E-state index in [2.05, 4.69) is 12.1 Å². The molecule has 3 heteroatoms. The number of rotatable bonds is 6. The molecule has 1 aliphatic carbocycles. The first kappa shape index (κ1) is 13.1. The SMILES string of the molecule is CN(CC1CC1)C(=O)C(N)CCc1ccccc1. The quantitative estimate of drug-likeness (QED) is 0.832. The molecular weight excluding hydrogens is 224 g/mol. The van der Waals surface area contributed by atoms with Crippen molar-refractivity contribution in [1.82, 2.24) is 4.90 Å². The topological polar surface area (TPSA) is 46.3 Å². The first-order valence-corrected chi connectivity index (χ1v) is 6.71. The summed E-state index contributed by atoms with van der Waals surface area (Å²) in [6.07, 6.45) is 4.11. The number of aryl methyl sites for hydroxylation is 1. The molecule has 0 heterocycles. The summed E-state index contributed by atoms with van der Waals surface area (Å²) in [5.41, 5.74) is 7.21. The summed E-state index contributed by atoms with van der Waals surface area (Å²) in [7, 11) is 1.86. The van der Waals surface area contributed by atoms with Crippen molar-refractivity contribution in [3.8, 4) is 0 Å². The third-order valence-corrected chi connectivity index (χ3v) is 3.51. The predicted octanol–water partition coefficient (Wildman–Crippen LogP) is 1.81. The fourth-order valence-electron chi connectivity index (χ4n) is 2.15. The minimum absolute atomic E-state index is 0.0813. The van der Waals surface area contributed by atoms with Gasteiger partial charge in [0.1, 0.15) is 0 Å². The molecule has 3 nitrogen and oxygen atoms in total. The number of carbonyl (C=O) groups is 1. The Hall–Kier alpha value is -1.35. The maximum atomic E-state index is 12.0. The van der Waals surface area contributed by atoms with Crippen molar-refractivity contribution in [3.05, 3.63) is 35.9 Å². The number of likely N-dealkylation sites (N-methyl/N-ethyl adjacent to an activating group) is 1. The average Bonchev–Trinajstić information content (AvgIpc) is 3.20. The van der Waals surface area contributed by atoms with E-state index < -0.39 is 0 Å². The summed E-state index contributed by atoms with van der Waals surface area (Å²) in [6, 6.07) is 9.81. The van der Waals surface area contributed by atoms with E-state index in [9.17, 15) is 4.79 Å². The maximum Gasteiger partial charge on any atom is 0.239 e. The lowest BCUT2D eigenvalue weighted by atomic mass is 10.0. The normalized spacial score (nSPS) is 16.3. The standard InChI is InChI=1S/C15H22N2O/c1-17(11-13-7-8-13)15(18)14(16)10-9-12-5-3-2-4-6-12/h2-6,13-14H,7-11,16H2,1H3. The van der Waals surface area contributed by atoms with E-state index in [1.807, 2.05) is 25.2 Å². The van der Waals surface area contributed by atoms with Gasteiger partial charge in [-0.1, -0.05) is 30.3 Å². The number of amides is 1. The van der Waals surface area contributed by atoms with Crippen LogP contribution in [0.5, 0.6) is 0 Å². The molecule has 1 fully saturated rings. The Bertz CT molecular complexity index is 387. The molecule has 0 aliphatic heterocycles. The Morgan fingerprint density at radius 2 is 2.06 bits per heavy atom. The van der Waals surface area contributed by atoms with Gasteiger partial charge in [0.15, 0.2) is 0 Å². The number of hydrogen-bond donors (Lipinski definition) is 1. The second kappa shape index (κ2) is 6.01. The largest absolute Gasteiger partial charge is 0.344 e. The van der Waals surface area contributed by atoms with Crippen molar-refractivity contribution < 1.29 is 4.79 Å². The van der Waals surface area contributed by atoms with Crippen molar-refractivity contribution in [2.45, 2.75) is 31.7 Å². The van der Waals surface area contributed by atoms with E-state index in [1.54, 1.807) is 4.90 Å². The molecule has 1 saturated carbocycles. The minimum Gasteiger partial charge on any atom is -0.344 e. The second-order valence-corrected chi connectivity index (χ2v) is 5.29. The van der Waals surface area contributed by atoms with Gasteiger partial charge in [-0.05, 0) is 37.2 Å². The monoisotopic (exact) mass is 246 g/mol. The molecule has 1 aromatic carbocycles. The Labute approximate surface area is 109 Å². The summed E-state index contributed by atoms with van der Waals surface area (Å²) in [4.78, 5) is 13.8. The number of benzene rings is 1. The molecule has 0 radical (unpaired) electrons. The van der Waals surface area contributed by atoms with Crippen LogP contribution in [0.2, 0.25) is 0 Å². The van der Waals surface area contributed by atoms with E-state index in [0.29, 0.717) is 0 Å². The Morgan fingerprint density at radius 1 is 1.39 bits per heavy atom. The fourth-order valence-corrected chi connectivity index (χ4v) is 2.15. The van der Waals surface area contributed by atoms with Gasteiger partial charge in [0, 0.05) is 13.6 Å². The zero-order valence-electron chi connectivity index (χ0n) is 11.0. The van der Waals surface area contributed by atoms with Crippen LogP contribution in [0.1, 0.15) is 24.8 Å². The predicted molar refractivity (Wildman–Crippen MR) is 73.1 cm³/mol. The molecule has 2 N–H and O–H groups in total. The van der Waals surface area contributed by atoms with Gasteiger partial charge in [0.05, 0.1) is 6.04 Å². The number of carbonyl (C=O) groups excluding carboxylic acids is 1. The average molecular weight is 246 g/mol. The molecule has 0 aromatic heterocycles. The lowest BCUT2D eigenvalue weighted by Gasteiger charge is -2.21. The Kier molecular flexibility index (Phi) is 4.37. The van der Waals surface area contributed by atoms with Crippen LogP contribution in [0.3, 0.4) is 0 Å². The van der Waals surface area contributed by atoms with E-state index in [1.165, 1.54) is 18.4 Å². The third-order valence-electron chi connectivity index (χ3n) is 3.51. The summed E-state index contributed by atoms with van der Waals surface area (Å²) in [5.74, 6) is 0.804. The van der Waals surface area contributed by atoms with Crippen molar-refractivity contribution in [3.63, 3.8) is 0 Å². The molecule has 2 rings (SSSR count). The smallest absolute Gasteiger partial charge is 0.239 e. The van der Waals surface area contributed by atoms with Gasteiger partial charge in [-0.3, -0.25) is 4.79 Å². The fraction of sp³-hybridized carbons (Fsp3) is 0.533. The molecule has 1 aliphatic rings. The van der Waals surface area contributed by atoms with Gasteiger partial charge in [-0.25, -0.2) is 0 Å². The highest BCUT2D eigenvalue weighted by Crippen LogP contribution is 2.29. The van der Waals surface area contributed by atoms with Crippen LogP contribution in [-0.4, -0.2) is 30.4 Å². The van der Waals surface area contributed by atoms with Crippen LogP contribution in [0.4, 0.5) is 0 Å². The summed E-state index contributed by atoms with van der Waals surface area (Å²) in [6.45, 7) is 0.873. The maximum absolute atomic E-state index is 12.0. The van der Waals surface area contributed by atoms with E-state index >= 15 is 0 Å². The molecule has 0 bridgehead atoms. The number of hydrogen-bond acceptors (Lipinski definition) is 2. The van der Waals surface area contributed by atoms with Gasteiger partial charge >= 0.3 is 0 Å². The number of nitrogens with zero attached hydrogens (tertiary/aromatic N) is 1. The van der Waals surface area contributed by atoms with Crippen LogP contribution in [0.25, 0.3) is 0 Å².